The Balaban J connectivity index is 1.65. The van der Waals surface area contributed by atoms with E-state index in [1.807, 2.05) is 6.92 Å². The van der Waals surface area contributed by atoms with Crippen LogP contribution in [0.25, 0.3) is 0 Å². The van der Waals surface area contributed by atoms with Crippen LogP contribution >= 0.6 is 0 Å². The van der Waals surface area contributed by atoms with Crippen LogP contribution in [0.1, 0.15) is 39.0 Å². The third kappa shape index (κ3) is 4.37. The van der Waals surface area contributed by atoms with Gasteiger partial charge in [0.15, 0.2) is 0 Å². The van der Waals surface area contributed by atoms with Crippen molar-refractivity contribution in [2.45, 2.75) is 51.1 Å². The summed E-state index contributed by atoms with van der Waals surface area (Å²) in [4.78, 5) is 25.2. The molecule has 6 heteroatoms. The van der Waals surface area contributed by atoms with Gasteiger partial charge in [-0.1, -0.05) is 0 Å². The summed E-state index contributed by atoms with van der Waals surface area (Å²) in [5, 5.41) is 6.41. The van der Waals surface area contributed by atoms with Crippen molar-refractivity contribution >= 4 is 12.0 Å². The molecule has 2 heterocycles. The van der Waals surface area contributed by atoms with Crippen LogP contribution in [-0.2, 0) is 9.53 Å². The van der Waals surface area contributed by atoms with Gasteiger partial charge < -0.3 is 20.3 Å². The summed E-state index contributed by atoms with van der Waals surface area (Å²) in [6, 6.07) is 0.532. The Hall–Kier alpha value is -1.30. The molecule has 1 atom stereocenters. The minimum Gasteiger partial charge on any atom is -0.450 e. The number of rotatable bonds is 4. The Morgan fingerprint density at radius 3 is 2.65 bits per heavy atom. The molecule has 0 aromatic rings. The summed E-state index contributed by atoms with van der Waals surface area (Å²) >= 11 is 0. The monoisotopic (exact) mass is 283 g/mol. The van der Waals surface area contributed by atoms with Crippen LogP contribution in [0, 0.1) is 0 Å². The normalized spacial score (nSPS) is 23.6. The molecule has 0 radical (unpaired) electrons. The van der Waals surface area contributed by atoms with E-state index in [9.17, 15) is 9.59 Å². The zero-order valence-electron chi connectivity index (χ0n) is 12.2. The first-order valence-corrected chi connectivity index (χ1v) is 7.63. The molecule has 114 valence electrons. The first kappa shape index (κ1) is 15.1. The van der Waals surface area contributed by atoms with Gasteiger partial charge in [0.25, 0.3) is 0 Å². The third-order valence-electron chi connectivity index (χ3n) is 3.98. The fraction of sp³-hybridized carbons (Fsp3) is 0.857. The van der Waals surface area contributed by atoms with Crippen molar-refractivity contribution in [3.63, 3.8) is 0 Å². The Labute approximate surface area is 120 Å². The van der Waals surface area contributed by atoms with Gasteiger partial charge in [-0.3, -0.25) is 4.79 Å². The Kier molecular flexibility index (Phi) is 5.64. The van der Waals surface area contributed by atoms with Crippen LogP contribution in [0.2, 0.25) is 0 Å². The minimum absolute atomic E-state index is 0.124. The quantitative estimate of drug-likeness (QED) is 0.803. The second kappa shape index (κ2) is 7.47. The molecule has 2 amide bonds. The highest BCUT2D eigenvalue weighted by Crippen LogP contribution is 2.13. The van der Waals surface area contributed by atoms with Gasteiger partial charge in [-0.25, -0.2) is 4.79 Å². The van der Waals surface area contributed by atoms with Gasteiger partial charge in [-0.05, 0) is 39.2 Å². The zero-order valence-corrected chi connectivity index (χ0v) is 12.2. The Morgan fingerprint density at radius 2 is 2.05 bits per heavy atom. The number of hydrogen-bond acceptors (Lipinski definition) is 4. The molecule has 2 fully saturated rings. The summed E-state index contributed by atoms with van der Waals surface area (Å²) in [5.74, 6) is 0.124. The maximum absolute atomic E-state index is 11.9. The molecular formula is C14H25N3O3. The lowest BCUT2D eigenvalue weighted by atomic mass is 10.0. The van der Waals surface area contributed by atoms with Crippen molar-refractivity contribution in [1.82, 2.24) is 15.5 Å². The molecule has 0 bridgehead atoms. The average molecular weight is 283 g/mol. The van der Waals surface area contributed by atoms with Crippen LogP contribution in [0.4, 0.5) is 4.79 Å². The number of amides is 2. The van der Waals surface area contributed by atoms with E-state index in [-0.39, 0.29) is 18.0 Å². The van der Waals surface area contributed by atoms with Gasteiger partial charge in [-0.2, -0.15) is 0 Å². The molecule has 0 spiro atoms. The molecule has 2 saturated heterocycles. The highest BCUT2D eigenvalue weighted by atomic mass is 16.6. The molecule has 6 nitrogen and oxygen atoms in total. The van der Waals surface area contributed by atoms with Gasteiger partial charge >= 0.3 is 6.09 Å². The van der Waals surface area contributed by atoms with Crippen LogP contribution in [0.5, 0.6) is 0 Å². The van der Waals surface area contributed by atoms with Crippen molar-refractivity contribution in [2.24, 2.45) is 0 Å². The molecule has 2 N–H and O–H groups in total. The van der Waals surface area contributed by atoms with Crippen LogP contribution in [0.3, 0.4) is 0 Å². The fourth-order valence-electron chi connectivity index (χ4n) is 2.86. The van der Waals surface area contributed by atoms with Crippen molar-refractivity contribution in [3.05, 3.63) is 0 Å². The van der Waals surface area contributed by atoms with Crippen molar-refractivity contribution < 1.29 is 14.3 Å². The summed E-state index contributed by atoms with van der Waals surface area (Å²) in [7, 11) is 0. The van der Waals surface area contributed by atoms with Crippen LogP contribution in [-0.4, -0.2) is 55.2 Å². The largest absolute Gasteiger partial charge is 0.450 e. The number of carbonyl (C=O) groups is 2. The smallest absolute Gasteiger partial charge is 0.409 e. The lowest BCUT2D eigenvalue weighted by Gasteiger charge is -2.31. The van der Waals surface area contributed by atoms with E-state index in [1.165, 1.54) is 0 Å². The van der Waals surface area contributed by atoms with E-state index in [0.717, 1.165) is 32.2 Å². The van der Waals surface area contributed by atoms with E-state index in [1.54, 1.807) is 4.90 Å². The number of nitrogens with zero attached hydrogens (tertiary/aromatic N) is 1. The number of nitrogens with one attached hydrogen (secondary N) is 2. The molecule has 0 aliphatic carbocycles. The van der Waals surface area contributed by atoms with Crippen molar-refractivity contribution in [3.8, 4) is 0 Å². The second-order valence-electron chi connectivity index (χ2n) is 5.53. The van der Waals surface area contributed by atoms with Crippen molar-refractivity contribution in [2.75, 3.05) is 26.2 Å². The topological polar surface area (TPSA) is 70.7 Å². The first-order valence-electron chi connectivity index (χ1n) is 7.63. The lowest BCUT2D eigenvalue weighted by molar-refractivity contribution is -0.122. The van der Waals surface area contributed by atoms with E-state index >= 15 is 0 Å². The maximum Gasteiger partial charge on any atom is 0.409 e. The van der Waals surface area contributed by atoms with Gasteiger partial charge in [0.1, 0.15) is 0 Å². The Morgan fingerprint density at radius 1 is 1.30 bits per heavy atom. The molecule has 2 rings (SSSR count). The third-order valence-corrected chi connectivity index (χ3v) is 3.98. The molecule has 0 saturated carbocycles. The van der Waals surface area contributed by atoms with Gasteiger partial charge in [0, 0.05) is 31.6 Å². The molecule has 20 heavy (non-hydrogen) atoms. The first-order chi connectivity index (χ1) is 9.69. The minimum atomic E-state index is -0.243. The predicted molar refractivity (Wildman–Crippen MR) is 75.4 cm³/mol. The number of ether oxygens (including phenoxy) is 1. The zero-order chi connectivity index (χ0) is 14.4. The summed E-state index contributed by atoms with van der Waals surface area (Å²) in [6.07, 6.45) is 4.20. The summed E-state index contributed by atoms with van der Waals surface area (Å²) in [6.45, 7) is 4.55. The van der Waals surface area contributed by atoms with Crippen LogP contribution < -0.4 is 10.6 Å². The molecular weight excluding hydrogens is 258 g/mol. The highest BCUT2D eigenvalue weighted by molar-refractivity contribution is 5.77. The van der Waals surface area contributed by atoms with E-state index < -0.39 is 0 Å². The number of piperidine rings is 1. The van der Waals surface area contributed by atoms with Gasteiger partial charge in [0.2, 0.25) is 5.91 Å². The number of hydrogen-bond donors (Lipinski definition) is 2. The van der Waals surface area contributed by atoms with Crippen LogP contribution in [0.15, 0.2) is 0 Å². The molecule has 0 aromatic carbocycles. The highest BCUT2D eigenvalue weighted by Gasteiger charge is 2.25. The summed E-state index contributed by atoms with van der Waals surface area (Å²) in [5.41, 5.74) is 0. The van der Waals surface area contributed by atoms with E-state index in [0.29, 0.717) is 32.2 Å². The second-order valence-corrected chi connectivity index (χ2v) is 5.53. The molecule has 1 unspecified atom stereocenters. The maximum atomic E-state index is 11.9. The van der Waals surface area contributed by atoms with Crippen molar-refractivity contribution in [1.29, 1.82) is 0 Å². The SMILES string of the molecule is CCOC(=O)N1CCC(NC(=O)CC2CCCN2)CC1. The summed E-state index contributed by atoms with van der Waals surface area (Å²) < 4.78 is 4.98. The van der Waals surface area contributed by atoms with Gasteiger partial charge in [-0.15, -0.1) is 0 Å². The van der Waals surface area contributed by atoms with E-state index in [2.05, 4.69) is 10.6 Å². The van der Waals surface area contributed by atoms with E-state index in [4.69, 9.17) is 4.74 Å². The number of carbonyl (C=O) groups excluding carboxylic acids is 2. The standard InChI is InChI=1S/C14H25N3O3/c1-2-20-14(19)17-8-5-11(6-9-17)16-13(18)10-12-4-3-7-15-12/h11-12,15H,2-10H2,1H3,(H,16,18). The molecule has 2 aliphatic heterocycles. The fourth-order valence-corrected chi connectivity index (χ4v) is 2.86. The molecule has 0 aromatic heterocycles. The number of likely N-dealkylation sites (tertiary alicyclic amines) is 1. The Bertz CT molecular complexity index is 335. The average Bonchev–Trinajstić information content (AvgIpc) is 2.92. The van der Waals surface area contributed by atoms with Gasteiger partial charge in [0.05, 0.1) is 6.61 Å². The predicted octanol–water partition coefficient (Wildman–Crippen LogP) is 0.866. The molecule has 2 aliphatic rings. The lowest BCUT2D eigenvalue weighted by Crippen LogP contribution is -2.47.